The molecule has 23 heavy (non-hydrogen) atoms. The van der Waals surface area contributed by atoms with Crippen LogP contribution in [0.3, 0.4) is 0 Å². The van der Waals surface area contributed by atoms with E-state index in [0.717, 1.165) is 0 Å². The van der Waals surface area contributed by atoms with Crippen molar-refractivity contribution in [3.05, 3.63) is 58.1 Å². The van der Waals surface area contributed by atoms with Crippen LogP contribution in [0.5, 0.6) is 11.5 Å². The minimum Gasteiger partial charge on any atom is -0.488 e. The van der Waals surface area contributed by atoms with E-state index in [1.807, 2.05) is 6.07 Å². The molecule has 1 unspecified atom stereocenters. The van der Waals surface area contributed by atoms with E-state index >= 15 is 0 Å². The minimum atomic E-state index is -1.26. The number of aliphatic carboxylic acids is 1. The number of nitriles is 1. The highest BCUT2D eigenvalue weighted by molar-refractivity contribution is 6.32. The number of hydrogen-bond donors (Lipinski definition) is 1. The van der Waals surface area contributed by atoms with Crippen LogP contribution in [0.1, 0.15) is 5.56 Å². The Bertz CT molecular complexity index is 758. The van der Waals surface area contributed by atoms with E-state index < -0.39 is 12.1 Å². The molecule has 0 aliphatic carbocycles. The molecular formula is C16H11Cl2NO4. The first-order chi connectivity index (χ1) is 11.0. The standard InChI is InChI=1S/C16H11Cl2NO4/c17-11-3-1-2-4-14(11)23-15(16(20)21)9-22-13-6-5-10(8-19)7-12(13)18/h1-7,15H,9H2,(H,20,21). The number of carboxylic acids is 1. The van der Waals surface area contributed by atoms with Crippen LogP contribution in [0.2, 0.25) is 10.0 Å². The van der Waals surface area contributed by atoms with Crippen LogP contribution in [-0.4, -0.2) is 23.8 Å². The lowest BCUT2D eigenvalue weighted by Gasteiger charge is -2.17. The van der Waals surface area contributed by atoms with Crippen molar-refractivity contribution in [1.82, 2.24) is 0 Å². The van der Waals surface area contributed by atoms with Gasteiger partial charge in [-0.15, -0.1) is 0 Å². The largest absolute Gasteiger partial charge is 0.488 e. The SMILES string of the molecule is N#Cc1ccc(OCC(Oc2ccccc2Cl)C(=O)O)c(Cl)c1. The van der Waals surface area contributed by atoms with Gasteiger partial charge in [0.2, 0.25) is 6.10 Å². The lowest BCUT2D eigenvalue weighted by Crippen LogP contribution is -2.33. The van der Waals surface area contributed by atoms with Crippen molar-refractivity contribution in [3.63, 3.8) is 0 Å². The molecule has 0 aliphatic rings. The number of rotatable bonds is 6. The zero-order valence-electron chi connectivity index (χ0n) is 11.7. The summed E-state index contributed by atoms with van der Waals surface area (Å²) in [5.41, 5.74) is 0.379. The number of para-hydroxylation sites is 1. The monoisotopic (exact) mass is 351 g/mol. The zero-order chi connectivity index (χ0) is 16.8. The Hall–Kier alpha value is -2.42. The molecule has 2 aromatic rings. The van der Waals surface area contributed by atoms with Crippen molar-refractivity contribution >= 4 is 29.2 Å². The van der Waals surface area contributed by atoms with Crippen LogP contribution in [0.4, 0.5) is 0 Å². The first-order valence-corrected chi connectivity index (χ1v) is 7.23. The number of benzene rings is 2. The van der Waals surface area contributed by atoms with E-state index in [0.29, 0.717) is 10.6 Å². The van der Waals surface area contributed by atoms with E-state index in [-0.39, 0.29) is 23.1 Å². The highest BCUT2D eigenvalue weighted by Gasteiger charge is 2.22. The van der Waals surface area contributed by atoms with Gasteiger partial charge < -0.3 is 14.6 Å². The van der Waals surface area contributed by atoms with Crippen LogP contribution in [-0.2, 0) is 4.79 Å². The number of halogens is 2. The molecule has 0 saturated heterocycles. The van der Waals surface area contributed by atoms with Crippen LogP contribution < -0.4 is 9.47 Å². The third-order valence-electron chi connectivity index (χ3n) is 2.83. The molecule has 0 fully saturated rings. The Kier molecular flexibility index (Phi) is 5.69. The van der Waals surface area contributed by atoms with E-state index in [2.05, 4.69) is 0 Å². The Morgan fingerprint density at radius 3 is 2.52 bits per heavy atom. The van der Waals surface area contributed by atoms with Gasteiger partial charge in [-0.3, -0.25) is 0 Å². The van der Waals surface area contributed by atoms with Gasteiger partial charge >= 0.3 is 5.97 Å². The van der Waals surface area contributed by atoms with Gasteiger partial charge in [-0.1, -0.05) is 35.3 Å². The normalized spacial score (nSPS) is 11.3. The second-order valence-electron chi connectivity index (χ2n) is 4.44. The number of hydrogen-bond acceptors (Lipinski definition) is 4. The van der Waals surface area contributed by atoms with Crippen molar-refractivity contribution < 1.29 is 19.4 Å². The van der Waals surface area contributed by atoms with Gasteiger partial charge in [-0.25, -0.2) is 4.79 Å². The molecule has 0 amide bonds. The maximum atomic E-state index is 11.3. The third-order valence-corrected chi connectivity index (χ3v) is 3.44. The van der Waals surface area contributed by atoms with Gasteiger partial charge in [0, 0.05) is 0 Å². The average molecular weight is 352 g/mol. The van der Waals surface area contributed by atoms with E-state index in [4.69, 9.17) is 37.9 Å². The molecule has 2 rings (SSSR count). The summed E-state index contributed by atoms with van der Waals surface area (Å²) < 4.78 is 10.7. The Morgan fingerprint density at radius 2 is 1.91 bits per heavy atom. The lowest BCUT2D eigenvalue weighted by molar-refractivity contribution is -0.146. The molecular weight excluding hydrogens is 341 g/mol. The summed E-state index contributed by atoms with van der Waals surface area (Å²) in [5, 5.41) is 18.5. The van der Waals surface area contributed by atoms with E-state index in [1.54, 1.807) is 24.3 Å². The number of ether oxygens (including phenoxy) is 2. The Labute approximate surface area is 142 Å². The summed E-state index contributed by atoms with van der Waals surface area (Å²) in [7, 11) is 0. The number of carboxylic acid groups (broad SMARTS) is 1. The second kappa shape index (κ2) is 7.73. The highest BCUT2D eigenvalue weighted by atomic mass is 35.5. The molecule has 0 radical (unpaired) electrons. The molecule has 1 N–H and O–H groups in total. The summed E-state index contributed by atoms with van der Waals surface area (Å²) in [5.74, 6) is -0.689. The summed E-state index contributed by atoms with van der Waals surface area (Å²) >= 11 is 11.9. The molecule has 2 aromatic carbocycles. The smallest absolute Gasteiger partial charge is 0.348 e. The molecule has 0 bridgehead atoms. The van der Waals surface area contributed by atoms with Crippen molar-refractivity contribution in [1.29, 1.82) is 5.26 Å². The Balaban J connectivity index is 2.08. The average Bonchev–Trinajstić information content (AvgIpc) is 2.53. The van der Waals surface area contributed by atoms with Crippen molar-refractivity contribution in [2.75, 3.05) is 6.61 Å². The van der Waals surface area contributed by atoms with Crippen LogP contribution in [0.25, 0.3) is 0 Å². The Morgan fingerprint density at radius 1 is 1.17 bits per heavy atom. The molecule has 0 spiro atoms. The predicted octanol–water partition coefficient (Wildman–Crippen LogP) is 3.78. The van der Waals surface area contributed by atoms with Gasteiger partial charge in [-0.2, -0.15) is 5.26 Å². The maximum absolute atomic E-state index is 11.3. The van der Waals surface area contributed by atoms with Gasteiger partial charge in [-0.05, 0) is 30.3 Å². The first-order valence-electron chi connectivity index (χ1n) is 6.47. The van der Waals surface area contributed by atoms with Crippen molar-refractivity contribution in [2.24, 2.45) is 0 Å². The quantitative estimate of drug-likeness (QED) is 0.856. The molecule has 0 aromatic heterocycles. The van der Waals surface area contributed by atoms with Crippen LogP contribution in [0.15, 0.2) is 42.5 Å². The summed E-state index contributed by atoms with van der Waals surface area (Å²) in [6.07, 6.45) is -1.26. The van der Waals surface area contributed by atoms with Crippen LogP contribution in [0, 0.1) is 11.3 Å². The molecule has 1 atom stereocenters. The van der Waals surface area contributed by atoms with Gasteiger partial charge in [0.15, 0.2) is 0 Å². The van der Waals surface area contributed by atoms with E-state index in [1.165, 1.54) is 18.2 Å². The highest BCUT2D eigenvalue weighted by Crippen LogP contribution is 2.27. The fourth-order valence-electron chi connectivity index (χ4n) is 1.70. The molecule has 0 heterocycles. The minimum absolute atomic E-state index is 0.214. The number of carbonyl (C=O) groups is 1. The molecule has 7 heteroatoms. The van der Waals surface area contributed by atoms with Gasteiger partial charge in [0.25, 0.3) is 0 Å². The van der Waals surface area contributed by atoms with E-state index in [9.17, 15) is 9.90 Å². The maximum Gasteiger partial charge on any atom is 0.348 e. The molecule has 0 aliphatic heterocycles. The molecule has 118 valence electrons. The summed E-state index contributed by atoms with van der Waals surface area (Å²) in [4.78, 5) is 11.3. The third kappa shape index (κ3) is 4.52. The predicted molar refractivity (Wildman–Crippen MR) is 85.2 cm³/mol. The lowest BCUT2D eigenvalue weighted by atomic mass is 10.2. The fraction of sp³-hybridized carbons (Fsp3) is 0.125. The zero-order valence-corrected chi connectivity index (χ0v) is 13.2. The summed E-state index contributed by atoms with van der Waals surface area (Å²) in [6, 6.07) is 12.9. The van der Waals surface area contributed by atoms with Crippen molar-refractivity contribution in [2.45, 2.75) is 6.10 Å². The topological polar surface area (TPSA) is 79.5 Å². The van der Waals surface area contributed by atoms with Gasteiger partial charge in [0.1, 0.15) is 18.1 Å². The first kappa shape index (κ1) is 16.9. The second-order valence-corrected chi connectivity index (χ2v) is 5.26. The number of nitrogens with zero attached hydrogens (tertiary/aromatic N) is 1. The molecule has 5 nitrogen and oxygen atoms in total. The summed E-state index contributed by atoms with van der Waals surface area (Å²) in [6.45, 7) is -0.272. The molecule has 0 saturated carbocycles. The van der Waals surface area contributed by atoms with Gasteiger partial charge in [0.05, 0.1) is 21.7 Å². The van der Waals surface area contributed by atoms with Crippen LogP contribution >= 0.6 is 23.2 Å². The fourth-order valence-corrected chi connectivity index (χ4v) is 2.12. The van der Waals surface area contributed by atoms with Crippen molar-refractivity contribution in [3.8, 4) is 17.6 Å².